The van der Waals surface area contributed by atoms with Crippen LogP contribution in [0.3, 0.4) is 0 Å². The van der Waals surface area contributed by atoms with Crippen LogP contribution in [-0.4, -0.2) is 34.0 Å². The van der Waals surface area contributed by atoms with Gasteiger partial charge in [-0.2, -0.15) is 0 Å². The molecule has 0 aliphatic heterocycles. The molecule has 0 spiro atoms. The molecule has 0 fully saturated rings. The Kier molecular flexibility index (Phi) is 19.4. The highest BCUT2D eigenvalue weighted by Gasteiger charge is 2.25. The average molecular weight is 406 g/mol. The minimum absolute atomic E-state index is 0.0956. The first-order valence-electron chi connectivity index (χ1n) is 11.3. The summed E-state index contributed by atoms with van der Waals surface area (Å²) in [6, 6.07) is 0. The van der Waals surface area contributed by atoms with E-state index in [-0.39, 0.29) is 6.61 Å². The van der Waals surface area contributed by atoms with Crippen LogP contribution in [0.5, 0.6) is 0 Å². The molecule has 0 rings (SSSR count). The molecule has 4 nitrogen and oxygen atoms in total. The van der Waals surface area contributed by atoms with E-state index < -0.39 is 16.0 Å². The van der Waals surface area contributed by atoms with Crippen LogP contribution in [0, 0.1) is 0 Å². The number of ether oxygens (including phenoxy) is 2. The molecule has 2 atom stereocenters. The van der Waals surface area contributed by atoms with Crippen molar-refractivity contribution in [1.82, 2.24) is 0 Å². The topological polar surface area (TPSA) is 58.6 Å². The largest absolute Gasteiger partial charge is 0.770 e. The maximum Gasteiger partial charge on any atom is 0.149 e. The molecule has 0 aliphatic carbocycles. The zero-order valence-electron chi connectivity index (χ0n) is 18.3. The smallest absolute Gasteiger partial charge is 0.149 e. The third-order valence-electron chi connectivity index (χ3n) is 5.29. The van der Waals surface area contributed by atoms with E-state index in [2.05, 4.69) is 6.92 Å². The fourth-order valence-corrected chi connectivity index (χ4v) is 3.50. The maximum atomic E-state index is 11.1. The van der Waals surface area contributed by atoms with Crippen LogP contribution in [0.1, 0.15) is 117 Å². The third kappa shape index (κ3) is 16.7. The first-order chi connectivity index (χ1) is 13.1. The minimum atomic E-state index is -2.29. The number of hydrogen-bond donors (Lipinski definition) is 0. The number of unbranched alkanes of at least 4 members (excludes halogenated alkanes) is 15. The van der Waals surface area contributed by atoms with Crippen molar-refractivity contribution in [3.63, 3.8) is 0 Å². The summed E-state index contributed by atoms with van der Waals surface area (Å²) in [6.07, 6.45) is 21.5. The summed E-state index contributed by atoms with van der Waals surface area (Å²) >= 11 is -2.29. The van der Waals surface area contributed by atoms with Crippen molar-refractivity contribution >= 4 is 11.1 Å². The van der Waals surface area contributed by atoms with Gasteiger partial charge in [-0.25, -0.2) is 0 Å². The standard InChI is InChI=1S/C22H46O4S/c1-4-5-6-7-8-9-10-11-12-13-14-15-16-17-18-19-20-26-21-22(2,25-3)27(23)24/h4-21H2,1-3H3,(H,23,24)/p-1. The molecule has 0 amide bonds. The summed E-state index contributed by atoms with van der Waals surface area (Å²) in [5.41, 5.74) is 0. The molecule has 0 aromatic carbocycles. The van der Waals surface area contributed by atoms with Crippen molar-refractivity contribution in [1.29, 1.82) is 0 Å². The Morgan fingerprint density at radius 3 is 1.44 bits per heavy atom. The Morgan fingerprint density at radius 2 is 1.11 bits per heavy atom. The molecular formula is C22H45O4S-. The molecule has 5 heteroatoms. The number of hydrogen-bond acceptors (Lipinski definition) is 4. The molecule has 0 N–H and O–H groups in total. The molecule has 0 radical (unpaired) electrons. The first-order valence-corrected chi connectivity index (χ1v) is 12.4. The monoisotopic (exact) mass is 405 g/mol. The lowest BCUT2D eigenvalue weighted by molar-refractivity contribution is -0.0116. The van der Waals surface area contributed by atoms with Gasteiger partial charge in [-0.3, -0.25) is 4.21 Å². The lowest BCUT2D eigenvalue weighted by atomic mass is 10.0. The molecule has 0 aromatic heterocycles. The summed E-state index contributed by atoms with van der Waals surface area (Å²) in [7, 11) is 1.40. The summed E-state index contributed by atoms with van der Waals surface area (Å²) in [6.45, 7) is 4.51. The molecule has 2 unspecified atom stereocenters. The molecule has 0 aliphatic rings. The van der Waals surface area contributed by atoms with Gasteiger partial charge in [0.25, 0.3) is 0 Å². The average Bonchev–Trinajstić information content (AvgIpc) is 2.66. The third-order valence-corrected chi connectivity index (χ3v) is 6.28. The highest BCUT2D eigenvalue weighted by molar-refractivity contribution is 7.80. The summed E-state index contributed by atoms with van der Waals surface area (Å²) < 4.78 is 32.6. The van der Waals surface area contributed by atoms with Gasteiger partial charge in [0.1, 0.15) is 4.93 Å². The summed E-state index contributed by atoms with van der Waals surface area (Å²) in [5.74, 6) is 0. The predicted octanol–water partition coefficient (Wildman–Crippen LogP) is 6.51. The van der Waals surface area contributed by atoms with E-state index in [9.17, 15) is 8.76 Å². The normalized spacial score (nSPS) is 15.0. The Balaban J connectivity index is 3.20. The van der Waals surface area contributed by atoms with E-state index in [1.165, 1.54) is 104 Å². The number of methoxy groups -OCH3 is 1. The van der Waals surface area contributed by atoms with Crippen LogP contribution < -0.4 is 0 Å². The van der Waals surface area contributed by atoms with Gasteiger partial charge in [-0.15, -0.1) is 0 Å². The Hall–Kier alpha value is 0.0300. The lowest BCUT2D eigenvalue weighted by Gasteiger charge is -2.29. The van der Waals surface area contributed by atoms with Crippen LogP contribution in [0.2, 0.25) is 0 Å². The predicted molar refractivity (Wildman–Crippen MR) is 115 cm³/mol. The molecule has 0 heterocycles. The van der Waals surface area contributed by atoms with E-state index in [1.54, 1.807) is 0 Å². The van der Waals surface area contributed by atoms with Gasteiger partial charge in [-0.1, -0.05) is 103 Å². The zero-order valence-corrected chi connectivity index (χ0v) is 19.1. The van der Waals surface area contributed by atoms with Gasteiger partial charge in [0.05, 0.1) is 6.61 Å². The summed E-state index contributed by atoms with van der Waals surface area (Å²) in [5, 5.41) is 0. The van der Waals surface area contributed by atoms with Gasteiger partial charge >= 0.3 is 0 Å². The highest BCUT2D eigenvalue weighted by atomic mass is 32.2. The van der Waals surface area contributed by atoms with Crippen LogP contribution in [0.4, 0.5) is 0 Å². The van der Waals surface area contributed by atoms with E-state index >= 15 is 0 Å². The van der Waals surface area contributed by atoms with Crippen LogP contribution in [0.15, 0.2) is 0 Å². The van der Waals surface area contributed by atoms with Crippen LogP contribution in [-0.2, 0) is 20.6 Å². The van der Waals surface area contributed by atoms with E-state index in [0.717, 1.165) is 12.8 Å². The van der Waals surface area contributed by atoms with Crippen molar-refractivity contribution in [3.8, 4) is 0 Å². The molecule has 0 bridgehead atoms. The molecule has 0 aromatic rings. The minimum Gasteiger partial charge on any atom is -0.770 e. The fraction of sp³-hybridized carbons (Fsp3) is 1.00. The fourth-order valence-electron chi connectivity index (χ4n) is 3.18. The van der Waals surface area contributed by atoms with Crippen molar-refractivity contribution in [2.45, 2.75) is 122 Å². The van der Waals surface area contributed by atoms with Crippen molar-refractivity contribution < 1.29 is 18.2 Å². The SMILES string of the molecule is CCCCCCCCCCCCCCCCCCOCC(C)(OC)S(=O)[O-]. The maximum absolute atomic E-state index is 11.1. The van der Waals surface area contributed by atoms with Crippen molar-refractivity contribution in [2.75, 3.05) is 20.3 Å². The first kappa shape index (κ1) is 27.0. The van der Waals surface area contributed by atoms with Gasteiger partial charge in [-0.05, 0) is 24.4 Å². The van der Waals surface area contributed by atoms with Crippen LogP contribution in [0.25, 0.3) is 0 Å². The second-order valence-corrected chi connectivity index (χ2v) is 9.26. The van der Waals surface area contributed by atoms with Gasteiger partial charge < -0.3 is 14.0 Å². The lowest BCUT2D eigenvalue weighted by Crippen LogP contribution is -2.38. The molecular weight excluding hydrogens is 360 g/mol. The van der Waals surface area contributed by atoms with Gasteiger partial charge in [0, 0.05) is 13.7 Å². The van der Waals surface area contributed by atoms with Gasteiger partial charge in [0.15, 0.2) is 0 Å². The van der Waals surface area contributed by atoms with Crippen molar-refractivity contribution in [3.05, 3.63) is 0 Å². The molecule has 27 heavy (non-hydrogen) atoms. The zero-order chi connectivity index (χ0) is 20.2. The summed E-state index contributed by atoms with van der Waals surface area (Å²) in [4.78, 5) is -1.23. The van der Waals surface area contributed by atoms with E-state index in [4.69, 9.17) is 9.47 Å². The highest BCUT2D eigenvalue weighted by Crippen LogP contribution is 2.15. The Morgan fingerprint density at radius 1 is 0.741 bits per heavy atom. The quantitative estimate of drug-likeness (QED) is 0.161. The molecule has 0 saturated heterocycles. The van der Waals surface area contributed by atoms with Crippen LogP contribution >= 0.6 is 0 Å². The Bertz CT molecular complexity index is 338. The van der Waals surface area contributed by atoms with Gasteiger partial charge in [0.2, 0.25) is 0 Å². The van der Waals surface area contributed by atoms with E-state index in [0.29, 0.717) is 6.61 Å². The second-order valence-electron chi connectivity index (χ2n) is 7.93. The molecule has 164 valence electrons. The Labute approximate surface area is 171 Å². The molecule has 0 saturated carbocycles. The van der Waals surface area contributed by atoms with Crippen molar-refractivity contribution in [2.24, 2.45) is 0 Å². The second kappa shape index (κ2) is 19.4. The van der Waals surface area contributed by atoms with E-state index in [1.807, 2.05) is 0 Å². The number of rotatable bonds is 21.